The summed E-state index contributed by atoms with van der Waals surface area (Å²) in [5.74, 6) is -1.21. The van der Waals surface area contributed by atoms with E-state index in [4.69, 9.17) is 9.47 Å². The molecule has 1 saturated heterocycles. The first kappa shape index (κ1) is 27.4. The Balaban J connectivity index is 1.26. The van der Waals surface area contributed by atoms with Gasteiger partial charge in [-0.2, -0.15) is 0 Å². The maximum absolute atomic E-state index is 14.0. The van der Waals surface area contributed by atoms with Crippen LogP contribution in [0.25, 0.3) is 11.1 Å². The Morgan fingerprint density at radius 1 is 0.900 bits per heavy atom. The molecule has 2 aliphatic rings. The Labute approximate surface area is 233 Å². The lowest BCUT2D eigenvalue weighted by molar-refractivity contribution is -0.149. The third-order valence-corrected chi connectivity index (χ3v) is 7.92. The molecule has 0 unspecified atom stereocenters. The number of hydrogen-bond donors (Lipinski definition) is 2. The number of ether oxygens (including phenoxy) is 2. The fraction of sp³-hybridized carbons (Fsp3) is 0.344. The quantitative estimate of drug-likeness (QED) is 0.380. The van der Waals surface area contributed by atoms with Crippen LogP contribution in [0.5, 0.6) is 0 Å². The van der Waals surface area contributed by atoms with Crippen LogP contribution in [0.3, 0.4) is 0 Å². The number of nitrogens with one attached hydrogen (secondary N) is 1. The number of nitrogens with zero attached hydrogens (tertiary/aromatic N) is 1. The molecule has 3 aromatic carbocycles. The highest BCUT2D eigenvalue weighted by molar-refractivity contribution is 5.84. The molecular weight excluding hydrogens is 508 g/mol. The number of hydrogen-bond acceptors (Lipinski definition) is 5. The van der Waals surface area contributed by atoms with Crippen LogP contribution in [0.4, 0.5) is 4.79 Å². The number of benzene rings is 3. The minimum Gasteiger partial charge on any atom is -0.481 e. The maximum atomic E-state index is 14.0. The van der Waals surface area contributed by atoms with Crippen molar-refractivity contribution in [3.05, 3.63) is 95.6 Å². The molecule has 0 spiro atoms. The molecule has 2 N–H and O–H groups in total. The van der Waals surface area contributed by atoms with Crippen molar-refractivity contribution >= 4 is 18.0 Å². The van der Waals surface area contributed by atoms with E-state index in [1.54, 1.807) is 4.90 Å². The number of carboxylic acids is 1. The zero-order valence-corrected chi connectivity index (χ0v) is 22.4. The molecule has 2 amide bonds. The average Bonchev–Trinajstić information content (AvgIpc) is 3.31. The van der Waals surface area contributed by atoms with Crippen LogP contribution in [0.15, 0.2) is 78.9 Å². The molecule has 0 atom stereocenters. The second-order valence-corrected chi connectivity index (χ2v) is 10.4. The van der Waals surface area contributed by atoms with E-state index in [2.05, 4.69) is 29.6 Å². The Morgan fingerprint density at radius 2 is 1.50 bits per heavy atom. The average molecular weight is 543 g/mol. The van der Waals surface area contributed by atoms with Gasteiger partial charge in [-0.05, 0) is 40.7 Å². The summed E-state index contributed by atoms with van der Waals surface area (Å²) in [6.45, 7) is 1.41. The maximum Gasteiger partial charge on any atom is 0.407 e. The standard InChI is InChI=1S/C32H34N2O6/c35-29(36)14-17-34(20-23-8-2-1-3-9-23)30(37)32(15-18-39-19-16-32)22-33-31(38)40-21-28-26-12-6-4-10-24(26)25-11-5-7-13-27(25)28/h1-13,28H,14-22H2,(H,33,38)(H,35,36). The first-order chi connectivity index (χ1) is 19.5. The van der Waals surface area contributed by atoms with Crippen molar-refractivity contribution in [3.63, 3.8) is 0 Å². The lowest BCUT2D eigenvalue weighted by Gasteiger charge is -2.39. The van der Waals surface area contributed by atoms with Gasteiger partial charge in [0, 0.05) is 38.8 Å². The molecule has 0 bridgehead atoms. The Morgan fingerprint density at radius 3 is 2.12 bits per heavy atom. The van der Waals surface area contributed by atoms with E-state index >= 15 is 0 Å². The predicted molar refractivity (Wildman–Crippen MR) is 150 cm³/mol. The second-order valence-electron chi connectivity index (χ2n) is 10.4. The summed E-state index contributed by atoms with van der Waals surface area (Å²) in [7, 11) is 0. The highest BCUT2D eigenvalue weighted by Crippen LogP contribution is 2.44. The first-order valence-electron chi connectivity index (χ1n) is 13.7. The third-order valence-electron chi connectivity index (χ3n) is 7.92. The van der Waals surface area contributed by atoms with Gasteiger partial charge in [0.15, 0.2) is 0 Å². The van der Waals surface area contributed by atoms with Crippen molar-refractivity contribution in [3.8, 4) is 11.1 Å². The van der Waals surface area contributed by atoms with Gasteiger partial charge in [-0.15, -0.1) is 0 Å². The topological polar surface area (TPSA) is 105 Å². The van der Waals surface area contributed by atoms with Gasteiger partial charge in [0.05, 0.1) is 11.8 Å². The number of carboxylic acid groups (broad SMARTS) is 1. The predicted octanol–water partition coefficient (Wildman–Crippen LogP) is 4.83. The molecule has 0 aromatic heterocycles. The summed E-state index contributed by atoms with van der Waals surface area (Å²) in [5.41, 5.74) is 4.56. The number of aliphatic carboxylic acids is 1. The normalized spacial score (nSPS) is 15.5. The monoisotopic (exact) mass is 542 g/mol. The van der Waals surface area contributed by atoms with E-state index in [9.17, 15) is 19.5 Å². The molecule has 5 rings (SSSR count). The molecule has 1 heterocycles. The van der Waals surface area contributed by atoms with E-state index in [-0.39, 0.29) is 37.9 Å². The van der Waals surface area contributed by atoms with Gasteiger partial charge in [0.2, 0.25) is 5.91 Å². The lowest BCUT2D eigenvalue weighted by Crippen LogP contribution is -2.52. The first-order valence-corrected chi connectivity index (χ1v) is 13.7. The van der Waals surface area contributed by atoms with Crippen LogP contribution in [-0.4, -0.2) is 60.9 Å². The number of amides is 2. The number of fused-ring (bicyclic) bond motifs is 3. The smallest absolute Gasteiger partial charge is 0.407 e. The molecule has 8 nitrogen and oxygen atoms in total. The molecule has 208 valence electrons. The molecule has 1 aliphatic heterocycles. The fourth-order valence-electron chi connectivity index (χ4n) is 5.74. The Kier molecular flexibility index (Phi) is 8.45. The summed E-state index contributed by atoms with van der Waals surface area (Å²) < 4.78 is 11.3. The molecule has 8 heteroatoms. The van der Waals surface area contributed by atoms with Gasteiger partial charge < -0.3 is 24.8 Å². The van der Waals surface area contributed by atoms with Crippen LogP contribution in [0.1, 0.15) is 41.9 Å². The molecule has 1 fully saturated rings. The van der Waals surface area contributed by atoms with Gasteiger partial charge in [0.1, 0.15) is 6.61 Å². The molecule has 3 aromatic rings. The SMILES string of the molecule is O=C(O)CCN(Cc1ccccc1)C(=O)C1(CNC(=O)OCC2c3ccccc3-c3ccccc32)CCOCC1. The summed E-state index contributed by atoms with van der Waals surface area (Å²) in [6, 6.07) is 25.8. The van der Waals surface area contributed by atoms with Crippen molar-refractivity contribution in [2.75, 3.05) is 32.9 Å². The van der Waals surface area contributed by atoms with Crippen LogP contribution in [0.2, 0.25) is 0 Å². The molecular formula is C32H34N2O6. The fourth-order valence-corrected chi connectivity index (χ4v) is 5.74. The van der Waals surface area contributed by atoms with Crippen LogP contribution in [-0.2, 0) is 25.6 Å². The number of carbonyl (C=O) groups excluding carboxylic acids is 2. The van der Waals surface area contributed by atoms with Crippen molar-refractivity contribution in [2.24, 2.45) is 5.41 Å². The van der Waals surface area contributed by atoms with Gasteiger partial charge in [-0.1, -0.05) is 78.9 Å². The molecule has 1 aliphatic carbocycles. The number of alkyl carbamates (subject to hydrolysis) is 1. The van der Waals surface area contributed by atoms with E-state index in [1.807, 2.05) is 54.6 Å². The zero-order valence-electron chi connectivity index (χ0n) is 22.4. The lowest BCUT2D eigenvalue weighted by atomic mass is 9.78. The van der Waals surface area contributed by atoms with Crippen molar-refractivity contribution < 1.29 is 29.0 Å². The number of carbonyl (C=O) groups is 3. The molecule has 0 radical (unpaired) electrons. The summed E-state index contributed by atoms with van der Waals surface area (Å²) in [6.07, 6.45) is 0.104. The summed E-state index contributed by atoms with van der Waals surface area (Å²) in [4.78, 5) is 39.9. The third kappa shape index (κ3) is 6.02. The van der Waals surface area contributed by atoms with Crippen molar-refractivity contribution in [1.82, 2.24) is 10.2 Å². The minimum atomic E-state index is -0.969. The Bertz CT molecular complexity index is 1310. The molecule has 40 heavy (non-hydrogen) atoms. The molecule has 0 saturated carbocycles. The van der Waals surface area contributed by atoms with Crippen molar-refractivity contribution in [2.45, 2.75) is 31.7 Å². The summed E-state index contributed by atoms with van der Waals surface area (Å²) >= 11 is 0. The van der Waals surface area contributed by atoms with Crippen LogP contribution < -0.4 is 5.32 Å². The second kappa shape index (κ2) is 12.3. The largest absolute Gasteiger partial charge is 0.481 e. The van der Waals surface area contributed by atoms with Gasteiger partial charge in [-0.3, -0.25) is 9.59 Å². The van der Waals surface area contributed by atoms with Crippen LogP contribution >= 0.6 is 0 Å². The highest BCUT2D eigenvalue weighted by atomic mass is 16.5. The van der Waals surface area contributed by atoms with Gasteiger partial charge >= 0.3 is 12.1 Å². The van der Waals surface area contributed by atoms with Gasteiger partial charge in [0.25, 0.3) is 0 Å². The van der Waals surface area contributed by atoms with E-state index in [0.29, 0.717) is 32.6 Å². The minimum absolute atomic E-state index is 0.0609. The van der Waals surface area contributed by atoms with Gasteiger partial charge in [-0.25, -0.2) is 4.79 Å². The highest BCUT2D eigenvalue weighted by Gasteiger charge is 2.43. The van der Waals surface area contributed by atoms with Crippen molar-refractivity contribution in [1.29, 1.82) is 0 Å². The zero-order chi connectivity index (χ0) is 28.0. The van der Waals surface area contributed by atoms with E-state index in [0.717, 1.165) is 27.8 Å². The van der Waals surface area contributed by atoms with E-state index < -0.39 is 17.5 Å². The van der Waals surface area contributed by atoms with Crippen LogP contribution in [0, 0.1) is 5.41 Å². The summed E-state index contributed by atoms with van der Waals surface area (Å²) in [5, 5.41) is 12.1. The Hall–Kier alpha value is -4.17. The number of rotatable bonds is 10. The van der Waals surface area contributed by atoms with E-state index in [1.165, 1.54) is 0 Å².